The van der Waals surface area contributed by atoms with Crippen LogP contribution < -0.4 is 5.73 Å². The van der Waals surface area contributed by atoms with Gasteiger partial charge in [0, 0.05) is 17.5 Å². The molecule has 0 aliphatic rings. The van der Waals surface area contributed by atoms with Crippen molar-refractivity contribution in [2.45, 2.75) is 33.4 Å². The van der Waals surface area contributed by atoms with E-state index in [2.05, 4.69) is 34.3 Å². The highest BCUT2D eigenvalue weighted by Crippen LogP contribution is 2.11. The van der Waals surface area contributed by atoms with Crippen molar-refractivity contribution in [1.29, 1.82) is 0 Å². The zero-order chi connectivity index (χ0) is 11.3. The Balaban J connectivity index is 2.63. The fourth-order valence-corrected chi connectivity index (χ4v) is 2.01. The fraction of sp³-hybridized carbons (Fsp3) is 0.545. The molecule has 0 fully saturated rings. The number of nitrogens with two attached hydrogens (primary N) is 1. The molecule has 4 heteroatoms. The van der Waals surface area contributed by atoms with Crippen molar-refractivity contribution in [3.8, 4) is 0 Å². The van der Waals surface area contributed by atoms with E-state index in [9.17, 15) is 0 Å². The van der Waals surface area contributed by atoms with E-state index in [1.54, 1.807) is 11.3 Å². The molecule has 84 valence electrons. The maximum atomic E-state index is 5.93. The predicted octanol–water partition coefficient (Wildman–Crippen LogP) is 2.29. The van der Waals surface area contributed by atoms with Crippen LogP contribution in [0.25, 0.3) is 0 Å². The fourth-order valence-electron chi connectivity index (χ4n) is 1.29. The van der Waals surface area contributed by atoms with Crippen molar-refractivity contribution >= 4 is 17.3 Å². The van der Waals surface area contributed by atoms with Crippen LogP contribution in [0.15, 0.2) is 22.5 Å². The molecule has 2 N–H and O–H groups in total. The molecule has 0 amide bonds. The van der Waals surface area contributed by atoms with E-state index in [-0.39, 0.29) is 6.04 Å². The molecule has 0 spiro atoms. The first-order valence-electron chi connectivity index (χ1n) is 5.24. The van der Waals surface area contributed by atoms with E-state index in [1.807, 2.05) is 13.8 Å². The molecule has 0 radical (unpaired) electrons. The van der Waals surface area contributed by atoms with Crippen LogP contribution in [-0.4, -0.2) is 23.4 Å². The third-order valence-corrected chi connectivity index (χ3v) is 2.88. The molecule has 0 aliphatic carbocycles. The highest BCUT2D eigenvalue weighted by molar-refractivity contribution is 7.09. The molecular formula is C11H19N3S. The van der Waals surface area contributed by atoms with Gasteiger partial charge < -0.3 is 10.6 Å². The SMILES string of the molecule is CCN(Cc1cccs1)C(N)=NC(C)C. The molecule has 0 saturated carbocycles. The van der Waals surface area contributed by atoms with Crippen molar-refractivity contribution < 1.29 is 0 Å². The number of nitrogens with zero attached hydrogens (tertiary/aromatic N) is 2. The van der Waals surface area contributed by atoms with Gasteiger partial charge >= 0.3 is 0 Å². The van der Waals surface area contributed by atoms with Crippen LogP contribution in [0, 0.1) is 0 Å². The Bertz CT molecular complexity index is 304. The highest BCUT2D eigenvalue weighted by Gasteiger charge is 2.07. The van der Waals surface area contributed by atoms with Gasteiger partial charge in [0.2, 0.25) is 0 Å². The molecular weight excluding hydrogens is 206 g/mol. The molecule has 1 heterocycles. The van der Waals surface area contributed by atoms with Gasteiger partial charge in [-0.05, 0) is 32.2 Å². The number of hydrogen-bond donors (Lipinski definition) is 1. The maximum Gasteiger partial charge on any atom is 0.191 e. The lowest BCUT2D eigenvalue weighted by Crippen LogP contribution is -2.37. The molecule has 15 heavy (non-hydrogen) atoms. The summed E-state index contributed by atoms with van der Waals surface area (Å²) in [6.45, 7) is 7.91. The van der Waals surface area contributed by atoms with Gasteiger partial charge in [0.1, 0.15) is 0 Å². The van der Waals surface area contributed by atoms with E-state index in [4.69, 9.17) is 5.73 Å². The Morgan fingerprint density at radius 2 is 2.33 bits per heavy atom. The molecule has 0 atom stereocenters. The minimum absolute atomic E-state index is 0.252. The summed E-state index contributed by atoms with van der Waals surface area (Å²) < 4.78 is 0. The van der Waals surface area contributed by atoms with Crippen LogP contribution in [-0.2, 0) is 6.54 Å². The van der Waals surface area contributed by atoms with Crippen LogP contribution in [0.4, 0.5) is 0 Å². The zero-order valence-corrected chi connectivity index (χ0v) is 10.4. The average molecular weight is 225 g/mol. The highest BCUT2D eigenvalue weighted by atomic mass is 32.1. The molecule has 1 rings (SSSR count). The third-order valence-electron chi connectivity index (χ3n) is 2.02. The Hall–Kier alpha value is -1.03. The van der Waals surface area contributed by atoms with Crippen LogP contribution in [0.1, 0.15) is 25.6 Å². The van der Waals surface area contributed by atoms with E-state index < -0.39 is 0 Å². The first-order valence-corrected chi connectivity index (χ1v) is 6.12. The molecule has 0 bridgehead atoms. The summed E-state index contributed by atoms with van der Waals surface area (Å²) >= 11 is 1.75. The molecule has 0 saturated heterocycles. The van der Waals surface area contributed by atoms with Gasteiger partial charge in [-0.25, -0.2) is 0 Å². The van der Waals surface area contributed by atoms with Gasteiger partial charge in [-0.2, -0.15) is 0 Å². The van der Waals surface area contributed by atoms with Crippen LogP contribution >= 0.6 is 11.3 Å². The Labute approximate surface area is 95.6 Å². The number of aliphatic imine (C=N–C) groups is 1. The largest absolute Gasteiger partial charge is 0.370 e. The Morgan fingerprint density at radius 1 is 1.60 bits per heavy atom. The van der Waals surface area contributed by atoms with Gasteiger partial charge in [-0.1, -0.05) is 6.07 Å². The predicted molar refractivity (Wildman–Crippen MR) is 67.2 cm³/mol. The quantitative estimate of drug-likeness (QED) is 0.631. The summed E-state index contributed by atoms with van der Waals surface area (Å²) in [4.78, 5) is 7.76. The minimum Gasteiger partial charge on any atom is -0.370 e. The third kappa shape index (κ3) is 3.91. The summed E-state index contributed by atoms with van der Waals surface area (Å²) in [5.74, 6) is 0.640. The number of guanidine groups is 1. The molecule has 0 unspecified atom stereocenters. The Morgan fingerprint density at radius 3 is 2.80 bits per heavy atom. The van der Waals surface area contributed by atoms with E-state index in [1.165, 1.54) is 4.88 Å². The van der Waals surface area contributed by atoms with Gasteiger partial charge in [0.25, 0.3) is 0 Å². The first-order chi connectivity index (χ1) is 7.13. The minimum atomic E-state index is 0.252. The summed E-state index contributed by atoms with van der Waals surface area (Å²) in [7, 11) is 0. The summed E-state index contributed by atoms with van der Waals surface area (Å²) in [5, 5.41) is 2.08. The lowest BCUT2D eigenvalue weighted by atomic mass is 10.4. The molecule has 0 aliphatic heterocycles. The monoisotopic (exact) mass is 225 g/mol. The normalized spacial score (nSPS) is 12.1. The van der Waals surface area contributed by atoms with Crippen molar-refractivity contribution in [2.24, 2.45) is 10.7 Å². The van der Waals surface area contributed by atoms with Gasteiger partial charge in [0.15, 0.2) is 5.96 Å². The van der Waals surface area contributed by atoms with Gasteiger partial charge in [0.05, 0.1) is 6.54 Å². The Kier molecular flexibility index (Phi) is 4.62. The average Bonchev–Trinajstić information content (AvgIpc) is 2.65. The van der Waals surface area contributed by atoms with Crippen LogP contribution in [0.2, 0.25) is 0 Å². The van der Waals surface area contributed by atoms with Crippen LogP contribution in [0.5, 0.6) is 0 Å². The van der Waals surface area contributed by atoms with Crippen LogP contribution in [0.3, 0.4) is 0 Å². The summed E-state index contributed by atoms with van der Waals surface area (Å²) in [6, 6.07) is 4.43. The van der Waals surface area contributed by atoms with Crippen molar-refractivity contribution in [3.63, 3.8) is 0 Å². The topological polar surface area (TPSA) is 41.6 Å². The smallest absolute Gasteiger partial charge is 0.191 e. The summed E-state index contributed by atoms with van der Waals surface area (Å²) in [5.41, 5.74) is 5.93. The standard InChI is InChI=1S/C11H19N3S/c1-4-14(11(12)13-9(2)3)8-10-6-5-7-15-10/h5-7,9H,4,8H2,1-3H3,(H2,12,13). The molecule has 0 aromatic carbocycles. The van der Waals surface area contributed by atoms with E-state index in [0.29, 0.717) is 5.96 Å². The van der Waals surface area contributed by atoms with E-state index in [0.717, 1.165) is 13.1 Å². The second kappa shape index (κ2) is 5.75. The lowest BCUT2D eigenvalue weighted by molar-refractivity contribution is 0.430. The second-order valence-electron chi connectivity index (χ2n) is 3.67. The van der Waals surface area contributed by atoms with Gasteiger partial charge in [-0.3, -0.25) is 4.99 Å². The van der Waals surface area contributed by atoms with E-state index >= 15 is 0 Å². The summed E-state index contributed by atoms with van der Waals surface area (Å²) in [6.07, 6.45) is 0. The number of hydrogen-bond acceptors (Lipinski definition) is 2. The van der Waals surface area contributed by atoms with Gasteiger partial charge in [-0.15, -0.1) is 11.3 Å². The number of thiophene rings is 1. The van der Waals surface area contributed by atoms with Crippen molar-refractivity contribution in [3.05, 3.63) is 22.4 Å². The van der Waals surface area contributed by atoms with Crippen molar-refractivity contribution in [2.75, 3.05) is 6.54 Å². The zero-order valence-electron chi connectivity index (χ0n) is 9.60. The van der Waals surface area contributed by atoms with Crippen molar-refractivity contribution in [1.82, 2.24) is 4.90 Å². The lowest BCUT2D eigenvalue weighted by Gasteiger charge is -2.21. The maximum absolute atomic E-state index is 5.93. The molecule has 3 nitrogen and oxygen atoms in total. The number of rotatable bonds is 4. The molecule has 1 aromatic heterocycles. The first kappa shape index (κ1) is 12.0. The molecule has 1 aromatic rings. The second-order valence-corrected chi connectivity index (χ2v) is 4.71.